The Balaban J connectivity index is 0.000000217. The molecule has 0 unspecified atom stereocenters. The monoisotopic (exact) mass is 277 g/mol. The van der Waals surface area contributed by atoms with Gasteiger partial charge in [-0.2, -0.15) is 10.2 Å². The van der Waals surface area contributed by atoms with E-state index in [0.717, 1.165) is 11.1 Å². The molecule has 2 aromatic rings. The van der Waals surface area contributed by atoms with Gasteiger partial charge in [0.2, 0.25) is 0 Å². The topological polar surface area (TPSA) is 95.3 Å². The van der Waals surface area contributed by atoms with Gasteiger partial charge in [-0.25, -0.2) is 5.10 Å². The fourth-order valence-electron chi connectivity index (χ4n) is 1.59. The maximum atomic E-state index is 10.4. The van der Waals surface area contributed by atoms with Gasteiger partial charge in [-0.3, -0.25) is 4.79 Å². The number of aromatic nitrogens is 3. The van der Waals surface area contributed by atoms with Crippen LogP contribution in [0.25, 0.3) is 0 Å². The minimum Gasteiger partial charge on any atom is -0.504 e. The predicted octanol–water partition coefficient (Wildman–Crippen LogP) is 0.153. The Labute approximate surface area is 116 Å². The van der Waals surface area contributed by atoms with Crippen LogP contribution in [-0.4, -0.2) is 26.9 Å². The number of hydrogen-bond acceptors (Lipinski definition) is 5. The zero-order valence-electron chi connectivity index (χ0n) is 12.0. The second-order valence-corrected chi connectivity index (χ2v) is 4.30. The molecule has 20 heavy (non-hydrogen) atoms. The number of pyridine rings is 1. The lowest BCUT2D eigenvalue weighted by Gasteiger charge is -2.02. The molecule has 7 heteroatoms. The first-order chi connectivity index (χ1) is 9.43. The van der Waals surface area contributed by atoms with Crippen LogP contribution in [0.1, 0.15) is 11.1 Å². The number of rotatable bonds is 1. The van der Waals surface area contributed by atoms with Gasteiger partial charge in [-0.15, -0.1) is 0 Å². The molecule has 0 fully saturated rings. The molecule has 3 N–H and O–H groups in total. The van der Waals surface area contributed by atoms with Crippen molar-refractivity contribution < 1.29 is 5.11 Å². The van der Waals surface area contributed by atoms with E-state index in [4.69, 9.17) is 0 Å². The second kappa shape index (κ2) is 7.13. The van der Waals surface area contributed by atoms with Crippen molar-refractivity contribution in [1.82, 2.24) is 20.2 Å². The summed E-state index contributed by atoms with van der Waals surface area (Å²) in [5, 5.41) is 19.8. The maximum absolute atomic E-state index is 10.4. The number of nitrogens with zero attached hydrogens (tertiary/aromatic N) is 3. The summed E-state index contributed by atoms with van der Waals surface area (Å²) in [7, 11) is 3.56. The van der Waals surface area contributed by atoms with Gasteiger partial charge >= 0.3 is 0 Å². The molecule has 0 spiro atoms. The number of aromatic hydroxyl groups is 1. The summed E-state index contributed by atoms with van der Waals surface area (Å²) in [6.07, 6.45) is 5.11. The van der Waals surface area contributed by atoms with Gasteiger partial charge in [0.05, 0.1) is 6.20 Å². The number of nitrogens with one attached hydrogen (secondary N) is 2. The smallest absolute Gasteiger partial charge is 0.264 e. The molecule has 0 saturated carbocycles. The van der Waals surface area contributed by atoms with Crippen molar-refractivity contribution in [2.75, 3.05) is 7.05 Å². The Bertz CT molecular complexity index is 661. The van der Waals surface area contributed by atoms with Crippen LogP contribution in [0.5, 0.6) is 5.75 Å². The molecule has 0 aromatic carbocycles. The Morgan fingerprint density at radius 3 is 2.55 bits per heavy atom. The Morgan fingerprint density at radius 2 is 2.10 bits per heavy atom. The van der Waals surface area contributed by atoms with E-state index >= 15 is 0 Å². The Kier molecular flexibility index (Phi) is 5.52. The molecule has 0 bridgehead atoms. The summed E-state index contributed by atoms with van der Waals surface area (Å²) >= 11 is 0. The highest BCUT2D eigenvalue weighted by atomic mass is 16.3. The van der Waals surface area contributed by atoms with Crippen molar-refractivity contribution in [2.24, 2.45) is 12.1 Å². The van der Waals surface area contributed by atoms with Crippen molar-refractivity contribution in [3.8, 4) is 5.75 Å². The van der Waals surface area contributed by atoms with E-state index in [1.165, 1.54) is 6.07 Å². The number of H-pyrrole nitrogens is 1. The lowest BCUT2D eigenvalue weighted by Crippen LogP contribution is -2.14. The molecule has 2 heterocycles. The molecule has 0 atom stereocenters. The van der Waals surface area contributed by atoms with Crippen LogP contribution in [0.2, 0.25) is 0 Å². The summed E-state index contributed by atoms with van der Waals surface area (Å²) < 4.78 is 1.79. The molecule has 0 aliphatic rings. The third-order valence-electron chi connectivity index (χ3n) is 2.36. The van der Waals surface area contributed by atoms with Crippen LogP contribution >= 0.6 is 0 Å². The quantitative estimate of drug-likeness (QED) is 0.647. The number of aromatic amines is 1. The molecule has 7 nitrogen and oxygen atoms in total. The average Bonchev–Trinajstić information content (AvgIpc) is 2.34. The zero-order chi connectivity index (χ0) is 15.1. The molecule has 2 aromatic heterocycles. The van der Waals surface area contributed by atoms with Crippen molar-refractivity contribution in [3.63, 3.8) is 0 Å². The number of aryl methyl sites for hydroxylation is 3. The minimum atomic E-state index is -0.148. The molecule has 0 aliphatic heterocycles. The first-order valence-corrected chi connectivity index (χ1v) is 6.01. The molecule has 0 saturated heterocycles. The van der Waals surface area contributed by atoms with E-state index < -0.39 is 0 Å². The minimum absolute atomic E-state index is 0.148. The van der Waals surface area contributed by atoms with Gasteiger partial charge < -0.3 is 15.1 Å². The van der Waals surface area contributed by atoms with E-state index in [0.29, 0.717) is 5.36 Å². The van der Waals surface area contributed by atoms with Gasteiger partial charge in [-0.05, 0) is 25.0 Å². The highest BCUT2D eigenvalue weighted by Crippen LogP contribution is 2.00. The first kappa shape index (κ1) is 15.5. The predicted molar refractivity (Wildman–Crippen MR) is 76.0 cm³/mol. The highest BCUT2D eigenvalue weighted by molar-refractivity contribution is 5.21. The van der Waals surface area contributed by atoms with Crippen LogP contribution < -0.4 is 16.3 Å². The maximum Gasteiger partial charge on any atom is 0.264 e. The SMILES string of the molecule is CN/N=c1\c(C)cn(C)cc1O.Cc1cn[nH]c(=O)c1. The third kappa shape index (κ3) is 4.60. The molecule has 108 valence electrons. The number of hydrogen-bond donors (Lipinski definition) is 3. The van der Waals surface area contributed by atoms with Gasteiger partial charge in [0.1, 0.15) is 5.36 Å². The molecule has 0 radical (unpaired) electrons. The van der Waals surface area contributed by atoms with Crippen LogP contribution in [0, 0.1) is 13.8 Å². The summed E-state index contributed by atoms with van der Waals surface area (Å²) in [6, 6.07) is 1.49. The second-order valence-electron chi connectivity index (χ2n) is 4.30. The van der Waals surface area contributed by atoms with Crippen molar-refractivity contribution in [1.29, 1.82) is 0 Å². The van der Waals surface area contributed by atoms with Gasteiger partial charge in [0, 0.05) is 32.6 Å². The average molecular weight is 277 g/mol. The molecule has 2 rings (SSSR count). The van der Waals surface area contributed by atoms with Gasteiger partial charge in [0.15, 0.2) is 5.75 Å². The van der Waals surface area contributed by atoms with Crippen molar-refractivity contribution >= 4 is 0 Å². The van der Waals surface area contributed by atoms with E-state index in [9.17, 15) is 9.90 Å². The molecular formula is C13H19N5O2. The largest absolute Gasteiger partial charge is 0.504 e. The fraction of sp³-hybridized carbons (Fsp3) is 0.308. The van der Waals surface area contributed by atoms with E-state index in [1.54, 1.807) is 24.0 Å². The van der Waals surface area contributed by atoms with Crippen LogP contribution in [0.4, 0.5) is 0 Å². The van der Waals surface area contributed by atoms with E-state index in [2.05, 4.69) is 20.7 Å². The summed E-state index contributed by atoms with van der Waals surface area (Å²) in [5.41, 5.74) is 4.31. The molecule has 0 aliphatic carbocycles. The summed E-state index contributed by atoms with van der Waals surface area (Å²) in [5.74, 6) is 0.187. The Hall–Kier alpha value is -2.57. The Morgan fingerprint density at radius 1 is 1.40 bits per heavy atom. The molecular weight excluding hydrogens is 258 g/mol. The zero-order valence-corrected chi connectivity index (χ0v) is 12.0. The summed E-state index contributed by atoms with van der Waals surface area (Å²) in [6.45, 7) is 3.72. The van der Waals surface area contributed by atoms with E-state index in [-0.39, 0.29) is 11.3 Å². The van der Waals surface area contributed by atoms with Crippen molar-refractivity contribution in [3.05, 3.63) is 51.5 Å². The lowest BCUT2D eigenvalue weighted by molar-refractivity contribution is 0.458. The first-order valence-electron chi connectivity index (χ1n) is 6.01. The van der Waals surface area contributed by atoms with Gasteiger partial charge in [-0.1, -0.05) is 0 Å². The molecule has 0 amide bonds. The van der Waals surface area contributed by atoms with Crippen LogP contribution in [-0.2, 0) is 7.05 Å². The van der Waals surface area contributed by atoms with Crippen LogP contribution in [0.15, 0.2) is 34.6 Å². The van der Waals surface area contributed by atoms with E-state index in [1.807, 2.05) is 27.1 Å². The third-order valence-corrected chi connectivity index (χ3v) is 2.36. The lowest BCUT2D eigenvalue weighted by atomic mass is 10.3. The normalized spacial score (nSPS) is 10.7. The van der Waals surface area contributed by atoms with Crippen LogP contribution in [0.3, 0.4) is 0 Å². The van der Waals surface area contributed by atoms with Gasteiger partial charge in [0.25, 0.3) is 5.56 Å². The standard InChI is InChI=1S/C8H13N3O.C5H6N2O/c1-6-4-11(3)5-7(12)8(6)10-9-2;1-4-2-5(8)7-6-3-4/h4-5,9,12H,1-3H3;2-3H,1H3,(H,7,8)/b10-8+;. The highest BCUT2D eigenvalue weighted by Gasteiger charge is 1.97. The van der Waals surface area contributed by atoms with Crippen molar-refractivity contribution in [2.45, 2.75) is 13.8 Å². The summed E-state index contributed by atoms with van der Waals surface area (Å²) in [4.78, 5) is 10.4. The fourth-order valence-corrected chi connectivity index (χ4v) is 1.59.